The Bertz CT molecular complexity index is 373. The highest BCUT2D eigenvalue weighted by Gasteiger charge is 2.13. The van der Waals surface area contributed by atoms with Crippen molar-refractivity contribution in [3.8, 4) is 5.75 Å². The summed E-state index contributed by atoms with van der Waals surface area (Å²) < 4.78 is 0. The number of hydrogen-bond donors (Lipinski definition) is 3. The molecule has 4 N–H and O–H groups in total. The Morgan fingerprint density at radius 1 is 1.46 bits per heavy atom. The summed E-state index contributed by atoms with van der Waals surface area (Å²) in [5.74, 6) is -1.84. The van der Waals surface area contributed by atoms with E-state index in [1.807, 2.05) is 0 Å². The lowest BCUT2D eigenvalue weighted by Gasteiger charge is -2.03. The van der Waals surface area contributed by atoms with Crippen LogP contribution in [-0.2, 0) is 0 Å². The van der Waals surface area contributed by atoms with E-state index in [-0.39, 0.29) is 16.8 Å². The second kappa shape index (κ2) is 3.14. The monoisotopic (exact) mass is 181 g/mol. The standard InChI is InChI=1S/C8H7NO4/c9-6-2-4(3-10)1-5(7(6)11)8(12)13/h1-3,11H,9H2,(H,12,13). The molecule has 0 saturated carbocycles. The van der Waals surface area contributed by atoms with Gasteiger partial charge in [-0.2, -0.15) is 0 Å². The first-order valence-electron chi connectivity index (χ1n) is 3.37. The fraction of sp³-hybridized carbons (Fsp3) is 0. The highest BCUT2D eigenvalue weighted by molar-refractivity contribution is 5.95. The van der Waals surface area contributed by atoms with Gasteiger partial charge in [0, 0.05) is 5.56 Å². The first-order chi connectivity index (χ1) is 6.06. The van der Waals surface area contributed by atoms with Gasteiger partial charge in [0.05, 0.1) is 5.69 Å². The molecule has 68 valence electrons. The molecule has 0 atom stereocenters. The van der Waals surface area contributed by atoms with Crippen LogP contribution < -0.4 is 5.73 Å². The molecule has 0 radical (unpaired) electrons. The van der Waals surface area contributed by atoms with E-state index in [2.05, 4.69) is 0 Å². The number of anilines is 1. The van der Waals surface area contributed by atoms with Gasteiger partial charge < -0.3 is 15.9 Å². The van der Waals surface area contributed by atoms with Crippen molar-refractivity contribution in [3.05, 3.63) is 23.3 Å². The number of aromatic hydroxyl groups is 1. The van der Waals surface area contributed by atoms with Crippen molar-refractivity contribution in [3.63, 3.8) is 0 Å². The number of rotatable bonds is 2. The molecule has 5 heteroatoms. The average Bonchev–Trinajstić information content (AvgIpc) is 2.09. The minimum atomic E-state index is -1.33. The maximum absolute atomic E-state index is 10.5. The lowest BCUT2D eigenvalue weighted by Crippen LogP contribution is -2.01. The van der Waals surface area contributed by atoms with E-state index < -0.39 is 11.7 Å². The third-order valence-corrected chi connectivity index (χ3v) is 1.53. The number of phenols is 1. The molecule has 1 rings (SSSR count). The summed E-state index contributed by atoms with van der Waals surface area (Å²) >= 11 is 0. The second-order valence-electron chi connectivity index (χ2n) is 2.43. The number of hydrogen-bond acceptors (Lipinski definition) is 4. The van der Waals surface area contributed by atoms with E-state index in [9.17, 15) is 9.59 Å². The van der Waals surface area contributed by atoms with Crippen LogP contribution in [-0.4, -0.2) is 22.5 Å². The minimum Gasteiger partial charge on any atom is -0.505 e. The summed E-state index contributed by atoms with van der Waals surface area (Å²) in [6.45, 7) is 0. The highest BCUT2D eigenvalue weighted by atomic mass is 16.4. The predicted molar refractivity (Wildman–Crippen MR) is 44.9 cm³/mol. The lowest BCUT2D eigenvalue weighted by molar-refractivity contribution is 0.0694. The van der Waals surface area contributed by atoms with Gasteiger partial charge in [-0.1, -0.05) is 0 Å². The molecule has 0 spiro atoms. The quantitative estimate of drug-likeness (QED) is 0.350. The molecule has 0 saturated heterocycles. The van der Waals surface area contributed by atoms with Crippen LogP contribution in [0.1, 0.15) is 20.7 Å². The van der Waals surface area contributed by atoms with Crippen LogP contribution in [0.25, 0.3) is 0 Å². The maximum atomic E-state index is 10.5. The van der Waals surface area contributed by atoms with Gasteiger partial charge in [0.25, 0.3) is 0 Å². The zero-order valence-corrected chi connectivity index (χ0v) is 6.52. The molecule has 0 unspecified atom stereocenters. The fourth-order valence-electron chi connectivity index (χ4n) is 0.911. The number of carboxylic acid groups (broad SMARTS) is 1. The molecule has 0 aliphatic carbocycles. The molecule has 1 aromatic carbocycles. The Labute approximate surface area is 73.4 Å². The third-order valence-electron chi connectivity index (χ3n) is 1.53. The van der Waals surface area contributed by atoms with Crippen LogP contribution in [0, 0.1) is 0 Å². The van der Waals surface area contributed by atoms with Crippen molar-refractivity contribution in [1.82, 2.24) is 0 Å². The molecule has 0 amide bonds. The number of benzene rings is 1. The lowest BCUT2D eigenvalue weighted by atomic mass is 10.1. The number of aldehydes is 1. The van der Waals surface area contributed by atoms with Crippen molar-refractivity contribution in [2.45, 2.75) is 0 Å². The van der Waals surface area contributed by atoms with Crippen molar-refractivity contribution >= 4 is 17.9 Å². The van der Waals surface area contributed by atoms with Crippen LogP contribution in [0.15, 0.2) is 12.1 Å². The molecule has 0 heterocycles. The van der Waals surface area contributed by atoms with Crippen LogP contribution in [0.3, 0.4) is 0 Å². The number of carbonyl (C=O) groups is 2. The number of nitrogen functional groups attached to an aromatic ring is 1. The molecule has 0 aliphatic rings. The molecule has 0 bridgehead atoms. The smallest absolute Gasteiger partial charge is 0.339 e. The van der Waals surface area contributed by atoms with Crippen LogP contribution >= 0.6 is 0 Å². The zero-order valence-electron chi connectivity index (χ0n) is 6.52. The Hall–Kier alpha value is -2.04. The van der Waals surface area contributed by atoms with Crippen LogP contribution in [0.2, 0.25) is 0 Å². The summed E-state index contributed by atoms with van der Waals surface area (Å²) in [7, 11) is 0. The van der Waals surface area contributed by atoms with E-state index in [4.69, 9.17) is 15.9 Å². The van der Waals surface area contributed by atoms with Gasteiger partial charge in [-0.3, -0.25) is 4.79 Å². The third kappa shape index (κ3) is 1.58. The van der Waals surface area contributed by atoms with Crippen LogP contribution in [0.4, 0.5) is 5.69 Å². The van der Waals surface area contributed by atoms with E-state index in [1.165, 1.54) is 6.07 Å². The van der Waals surface area contributed by atoms with Gasteiger partial charge in [0.1, 0.15) is 11.8 Å². The largest absolute Gasteiger partial charge is 0.505 e. The fourth-order valence-corrected chi connectivity index (χ4v) is 0.911. The van der Waals surface area contributed by atoms with Gasteiger partial charge in [-0.15, -0.1) is 0 Å². The first kappa shape index (κ1) is 9.05. The molecule has 5 nitrogen and oxygen atoms in total. The number of nitrogens with two attached hydrogens (primary N) is 1. The normalized spacial score (nSPS) is 9.54. The predicted octanol–water partition coefficient (Wildman–Crippen LogP) is 0.485. The Kier molecular flexibility index (Phi) is 2.19. The number of aromatic carboxylic acids is 1. The van der Waals surface area contributed by atoms with E-state index in [1.54, 1.807) is 0 Å². The minimum absolute atomic E-state index is 0.118. The summed E-state index contributed by atoms with van der Waals surface area (Å²) in [4.78, 5) is 20.8. The van der Waals surface area contributed by atoms with E-state index in [0.29, 0.717) is 6.29 Å². The van der Waals surface area contributed by atoms with Crippen molar-refractivity contribution in [2.24, 2.45) is 0 Å². The molecule has 1 aromatic rings. The SMILES string of the molecule is Nc1cc(C=O)cc(C(=O)O)c1O. The van der Waals surface area contributed by atoms with E-state index >= 15 is 0 Å². The second-order valence-corrected chi connectivity index (χ2v) is 2.43. The summed E-state index contributed by atoms with van der Waals surface area (Å²) in [5, 5.41) is 17.7. The molecule has 0 aromatic heterocycles. The highest BCUT2D eigenvalue weighted by Crippen LogP contribution is 2.25. The number of carboxylic acids is 1. The average molecular weight is 181 g/mol. The van der Waals surface area contributed by atoms with Gasteiger partial charge in [-0.05, 0) is 12.1 Å². The van der Waals surface area contributed by atoms with Crippen molar-refractivity contribution in [2.75, 3.05) is 5.73 Å². The zero-order chi connectivity index (χ0) is 10.0. The Morgan fingerprint density at radius 3 is 2.54 bits per heavy atom. The Balaban J connectivity index is 3.41. The first-order valence-corrected chi connectivity index (χ1v) is 3.37. The molecule has 13 heavy (non-hydrogen) atoms. The molecule has 0 fully saturated rings. The molecule has 0 aliphatic heterocycles. The Morgan fingerprint density at radius 2 is 2.08 bits per heavy atom. The summed E-state index contributed by atoms with van der Waals surface area (Å²) in [5.41, 5.74) is 4.88. The number of carbonyl (C=O) groups excluding carboxylic acids is 1. The topological polar surface area (TPSA) is 101 Å². The van der Waals surface area contributed by atoms with Crippen LogP contribution in [0.5, 0.6) is 5.75 Å². The van der Waals surface area contributed by atoms with E-state index in [0.717, 1.165) is 6.07 Å². The van der Waals surface area contributed by atoms with Gasteiger partial charge in [-0.25, -0.2) is 4.79 Å². The van der Waals surface area contributed by atoms with Gasteiger partial charge >= 0.3 is 5.97 Å². The van der Waals surface area contributed by atoms with Crippen molar-refractivity contribution < 1.29 is 19.8 Å². The maximum Gasteiger partial charge on any atom is 0.339 e. The summed E-state index contributed by atoms with van der Waals surface area (Å²) in [6, 6.07) is 2.26. The summed E-state index contributed by atoms with van der Waals surface area (Å²) in [6.07, 6.45) is 0.461. The van der Waals surface area contributed by atoms with Gasteiger partial charge in [0.15, 0.2) is 5.75 Å². The van der Waals surface area contributed by atoms with Gasteiger partial charge in [0.2, 0.25) is 0 Å². The molecular weight excluding hydrogens is 174 g/mol. The van der Waals surface area contributed by atoms with Crippen molar-refractivity contribution in [1.29, 1.82) is 0 Å². The molecular formula is C8H7NO4.